The highest BCUT2D eigenvalue weighted by Crippen LogP contribution is 2.28. The first-order valence-corrected chi connectivity index (χ1v) is 7.58. The lowest BCUT2D eigenvalue weighted by Gasteiger charge is -2.18. The Morgan fingerprint density at radius 1 is 1.17 bits per heavy atom. The van der Waals surface area contributed by atoms with Crippen LogP contribution in [0, 0.1) is 5.92 Å². The number of ether oxygens (including phenoxy) is 1. The number of nitrogens with one attached hydrogen (secondary N) is 1. The number of halogens is 1. The average molecular weight is 312 g/mol. The van der Waals surface area contributed by atoms with Gasteiger partial charge in [0.2, 0.25) is 0 Å². The molecule has 1 saturated carbocycles. The zero-order valence-corrected chi connectivity index (χ0v) is 12.8. The van der Waals surface area contributed by atoms with Crippen LogP contribution < -0.4 is 10.1 Å². The van der Waals surface area contributed by atoms with Crippen molar-refractivity contribution in [2.24, 2.45) is 5.92 Å². The highest BCUT2D eigenvalue weighted by Gasteiger charge is 2.16. The highest BCUT2D eigenvalue weighted by molar-refractivity contribution is 9.10. The van der Waals surface area contributed by atoms with E-state index in [2.05, 4.69) is 40.3 Å². The number of hydrogen-bond acceptors (Lipinski definition) is 2. The predicted octanol–water partition coefficient (Wildman–Crippen LogP) is 4.84. The molecular weight excluding hydrogens is 290 g/mol. The Morgan fingerprint density at radius 3 is 2.78 bits per heavy atom. The van der Waals surface area contributed by atoms with Crippen LogP contribution in [0.25, 0.3) is 0 Å². The molecule has 0 radical (unpaired) electrons. The monoisotopic (exact) mass is 311 g/mol. The Hall–Kier alpha value is -0.700. The molecule has 1 aromatic carbocycles. The summed E-state index contributed by atoms with van der Waals surface area (Å²) >= 11 is 3.52. The molecule has 1 aliphatic rings. The summed E-state index contributed by atoms with van der Waals surface area (Å²) in [6, 6.07) is 6.78. The van der Waals surface area contributed by atoms with Crippen LogP contribution >= 0.6 is 15.9 Å². The molecule has 0 saturated heterocycles. The van der Waals surface area contributed by atoms with Crippen molar-refractivity contribution < 1.29 is 4.74 Å². The lowest BCUT2D eigenvalue weighted by Crippen LogP contribution is -2.18. The normalized spacial score (nSPS) is 24.4. The van der Waals surface area contributed by atoms with Gasteiger partial charge in [0.1, 0.15) is 5.75 Å². The summed E-state index contributed by atoms with van der Waals surface area (Å²) in [4.78, 5) is 0. The van der Waals surface area contributed by atoms with Crippen LogP contribution in [0.2, 0.25) is 0 Å². The Labute approximate surface area is 118 Å². The van der Waals surface area contributed by atoms with Gasteiger partial charge in [-0.1, -0.05) is 35.7 Å². The Kier molecular flexibility index (Phi) is 4.93. The van der Waals surface area contributed by atoms with Crippen LogP contribution in [0.1, 0.15) is 39.0 Å². The van der Waals surface area contributed by atoms with Gasteiger partial charge in [-0.3, -0.25) is 0 Å². The van der Waals surface area contributed by atoms with Crippen LogP contribution in [0.4, 0.5) is 5.69 Å². The maximum Gasteiger partial charge on any atom is 0.122 e. The van der Waals surface area contributed by atoms with Crippen LogP contribution in [0.3, 0.4) is 0 Å². The molecule has 0 aromatic heterocycles. The smallest absolute Gasteiger partial charge is 0.122 e. The summed E-state index contributed by atoms with van der Waals surface area (Å²) < 4.78 is 6.36. The predicted molar refractivity (Wildman–Crippen MR) is 80.4 cm³/mol. The van der Waals surface area contributed by atoms with E-state index < -0.39 is 0 Å². The number of anilines is 1. The standard InChI is InChI=1S/C15H22BrNO/c1-11-4-3-5-13(7-6-11)17-14-8-12(16)9-15(10-14)18-2/h8-11,13,17H,3-7H2,1-2H3. The first-order chi connectivity index (χ1) is 8.67. The first-order valence-electron chi connectivity index (χ1n) is 6.78. The molecule has 0 spiro atoms. The summed E-state index contributed by atoms with van der Waals surface area (Å²) in [6.45, 7) is 2.37. The topological polar surface area (TPSA) is 21.3 Å². The van der Waals surface area contributed by atoms with Crippen molar-refractivity contribution in [1.29, 1.82) is 0 Å². The molecule has 3 heteroatoms. The van der Waals surface area contributed by atoms with Gasteiger partial charge < -0.3 is 10.1 Å². The Morgan fingerprint density at radius 2 is 2.00 bits per heavy atom. The molecule has 2 atom stereocenters. The SMILES string of the molecule is COc1cc(Br)cc(NC2CCCC(C)CC2)c1. The van der Waals surface area contributed by atoms with Gasteiger partial charge in [0, 0.05) is 22.3 Å². The average Bonchev–Trinajstić information content (AvgIpc) is 2.54. The number of hydrogen-bond donors (Lipinski definition) is 1. The molecular formula is C15H22BrNO. The van der Waals surface area contributed by atoms with Gasteiger partial charge >= 0.3 is 0 Å². The van der Waals surface area contributed by atoms with Crippen molar-refractivity contribution in [3.8, 4) is 5.75 Å². The summed E-state index contributed by atoms with van der Waals surface area (Å²) in [7, 11) is 1.71. The minimum Gasteiger partial charge on any atom is -0.497 e. The molecule has 0 bridgehead atoms. The fraction of sp³-hybridized carbons (Fsp3) is 0.600. The molecule has 2 nitrogen and oxygen atoms in total. The lowest BCUT2D eigenvalue weighted by molar-refractivity contribution is 0.414. The summed E-state index contributed by atoms with van der Waals surface area (Å²) in [5.74, 6) is 1.78. The maximum absolute atomic E-state index is 5.30. The fourth-order valence-electron chi connectivity index (χ4n) is 2.63. The molecule has 0 amide bonds. The van der Waals surface area contributed by atoms with E-state index in [1.165, 1.54) is 32.1 Å². The first kappa shape index (κ1) is 13.7. The fourth-order valence-corrected chi connectivity index (χ4v) is 3.10. The van der Waals surface area contributed by atoms with E-state index in [-0.39, 0.29) is 0 Å². The van der Waals surface area contributed by atoms with Gasteiger partial charge in [-0.15, -0.1) is 0 Å². The largest absolute Gasteiger partial charge is 0.497 e. The van der Waals surface area contributed by atoms with E-state index in [9.17, 15) is 0 Å². The van der Waals surface area contributed by atoms with E-state index in [0.29, 0.717) is 6.04 Å². The molecule has 2 rings (SSSR count). The van der Waals surface area contributed by atoms with Crippen LogP contribution in [0.5, 0.6) is 5.75 Å². The Bertz CT molecular complexity index is 394. The molecule has 0 aliphatic heterocycles. The van der Waals surface area contributed by atoms with Gasteiger partial charge in [0.25, 0.3) is 0 Å². The van der Waals surface area contributed by atoms with Crippen molar-refractivity contribution in [3.05, 3.63) is 22.7 Å². The molecule has 2 unspecified atom stereocenters. The second-order valence-electron chi connectivity index (χ2n) is 5.33. The summed E-state index contributed by atoms with van der Waals surface area (Å²) in [5, 5.41) is 3.65. The van der Waals surface area contributed by atoms with Crippen LogP contribution in [-0.4, -0.2) is 13.2 Å². The second-order valence-corrected chi connectivity index (χ2v) is 6.25. The van der Waals surface area contributed by atoms with Gasteiger partial charge in [0.05, 0.1) is 7.11 Å². The number of methoxy groups -OCH3 is 1. The zero-order chi connectivity index (χ0) is 13.0. The van der Waals surface area contributed by atoms with Crippen LogP contribution in [0.15, 0.2) is 22.7 Å². The zero-order valence-electron chi connectivity index (χ0n) is 11.2. The molecule has 1 aliphatic carbocycles. The van der Waals surface area contributed by atoms with E-state index in [0.717, 1.165) is 21.8 Å². The van der Waals surface area contributed by atoms with Gasteiger partial charge in [-0.25, -0.2) is 0 Å². The second kappa shape index (κ2) is 6.46. The van der Waals surface area contributed by atoms with Crippen molar-refractivity contribution in [3.63, 3.8) is 0 Å². The van der Waals surface area contributed by atoms with E-state index in [1.807, 2.05) is 6.07 Å². The molecule has 1 aromatic rings. The van der Waals surface area contributed by atoms with Gasteiger partial charge in [0.15, 0.2) is 0 Å². The third-order valence-corrected chi connectivity index (χ3v) is 4.19. The van der Waals surface area contributed by atoms with E-state index in [4.69, 9.17) is 4.74 Å². The Balaban J connectivity index is 2.01. The molecule has 1 N–H and O–H groups in total. The molecule has 1 fully saturated rings. The van der Waals surface area contributed by atoms with Crippen molar-refractivity contribution in [2.75, 3.05) is 12.4 Å². The third kappa shape index (κ3) is 3.91. The van der Waals surface area contributed by atoms with Crippen LogP contribution in [-0.2, 0) is 0 Å². The minimum absolute atomic E-state index is 0.606. The number of rotatable bonds is 3. The van der Waals surface area contributed by atoms with E-state index in [1.54, 1.807) is 7.11 Å². The summed E-state index contributed by atoms with van der Waals surface area (Å²) in [6.07, 6.45) is 6.60. The number of benzene rings is 1. The van der Waals surface area contributed by atoms with Crippen molar-refractivity contribution in [1.82, 2.24) is 0 Å². The molecule has 18 heavy (non-hydrogen) atoms. The van der Waals surface area contributed by atoms with Gasteiger partial charge in [-0.2, -0.15) is 0 Å². The highest BCUT2D eigenvalue weighted by atomic mass is 79.9. The van der Waals surface area contributed by atoms with Crippen molar-refractivity contribution >= 4 is 21.6 Å². The minimum atomic E-state index is 0.606. The maximum atomic E-state index is 5.30. The lowest BCUT2D eigenvalue weighted by atomic mass is 10.0. The van der Waals surface area contributed by atoms with Crippen molar-refractivity contribution in [2.45, 2.75) is 45.1 Å². The van der Waals surface area contributed by atoms with Gasteiger partial charge in [-0.05, 0) is 37.3 Å². The molecule has 100 valence electrons. The third-order valence-electron chi connectivity index (χ3n) is 3.74. The molecule has 0 heterocycles. The van der Waals surface area contributed by atoms with E-state index >= 15 is 0 Å². The quantitative estimate of drug-likeness (QED) is 0.807. The summed E-state index contributed by atoms with van der Waals surface area (Å²) in [5.41, 5.74) is 1.15.